The lowest BCUT2D eigenvalue weighted by molar-refractivity contribution is 0.0530. The number of pyridine rings is 1. The van der Waals surface area contributed by atoms with Crippen LogP contribution in [0.3, 0.4) is 0 Å². The van der Waals surface area contributed by atoms with Crippen LogP contribution in [-0.2, 0) is 4.74 Å². The predicted molar refractivity (Wildman–Crippen MR) is 63.8 cm³/mol. The van der Waals surface area contributed by atoms with Crippen molar-refractivity contribution in [2.75, 3.05) is 12.3 Å². The summed E-state index contributed by atoms with van der Waals surface area (Å²) in [4.78, 5) is 15.8. The number of phenolic OH excluding ortho intramolecular Hbond substituents is 1. The molecule has 1 aromatic heterocycles. The number of nitrogens with zero attached hydrogens (tertiary/aromatic N) is 1. The topological polar surface area (TPSA) is 85.4 Å². The van der Waals surface area contributed by atoms with E-state index >= 15 is 0 Å². The van der Waals surface area contributed by atoms with E-state index in [1.165, 1.54) is 12.3 Å². The first-order chi connectivity index (χ1) is 8.15. The molecule has 0 saturated heterocycles. The van der Waals surface area contributed by atoms with E-state index in [-0.39, 0.29) is 23.6 Å². The van der Waals surface area contributed by atoms with E-state index in [4.69, 9.17) is 10.5 Å². The number of aromatic hydroxyl groups is 1. The number of benzene rings is 1. The summed E-state index contributed by atoms with van der Waals surface area (Å²) >= 11 is 0. The molecule has 0 bridgehead atoms. The number of nitrogens with two attached hydrogens (primary N) is 1. The van der Waals surface area contributed by atoms with E-state index in [2.05, 4.69) is 4.98 Å². The molecule has 0 amide bonds. The minimum atomic E-state index is -0.511. The maximum Gasteiger partial charge on any atom is 0.340 e. The van der Waals surface area contributed by atoms with Gasteiger partial charge in [0.05, 0.1) is 24.1 Å². The van der Waals surface area contributed by atoms with Crippen molar-refractivity contribution in [2.45, 2.75) is 6.92 Å². The van der Waals surface area contributed by atoms with E-state index in [0.717, 1.165) is 0 Å². The number of hydrogen-bond donors (Lipinski definition) is 2. The highest BCUT2D eigenvalue weighted by molar-refractivity contribution is 6.08. The molecule has 0 aliphatic rings. The number of anilines is 1. The van der Waals surface area contributed by atoms with Gasteiger partial charge in [-0.1, -0.05) is 12.1 Å². The van der Waals surface area contributed by atoms with Crippen LogP contribution in [0.4, 0.5) is 5.69 Å². The van der Waals surface area contributed by atoms with Gasteiger partial charge < -0.3 is 15.6 Å². The van der Waals surface area contributed by atoms with Crippen molar-refractivity contribution in [3.63, 3.8) is 0 Å². The van der Waals surface area contributed by atoms with Gasteiger partial charge in [-0.15, -0.1) is 0 Å². The number of phenols is 1. The van der Waals surface area contributed by atoms with Crippen molar-refractivity contribution in [2.24, 2.45) is 0 Å². The molecule has 5 nitrogen and oxygen atoms in total. The summed E-state index contributed by atoms with van der Waals surface area (Å²) in [6.07, 6.45) is 1.34. The van der Waals surface area contributed by atoms with Crippen molar-refractivity contribution in [3.8, 4) is 5.75 Å². The molecular weight excluding hydrogens is 220 g/mol. The zero-order valence-electron chi connectivity index (χ0n) is 9.30. The highest BCUT2D eigenvalue weighted by Gasteiger charge is 2.17. The molecule has 5 heteroatoms. The number of aromatic nitrogens is 1. The maximum atomic E-state index is 11.8. The van der Waals surface area contributed by atoms with Crippen LogP contribution >= 0.6 is 0 Å². The fourth-order valence-corrected chi connectivity index (χ4v) is 1.65. The summed E-state index contributed by atoms with van der Waals surface area (Å²) in [6, 6.07) is 4.80. The Balaban J connectivity index is 2.72. The van der Waals surface area contributed by atoms with Crippen LogP contribution in [0.25, 0.3) is 10.9 Å². The van der Waals surface area contributed by atoms with E-state index in [1.807, 2.05) is 0 Å². The second kappa shape index (κ2) is 4.29. The molecule has 0 atom stereocenters. The summed E-state index contributed by atoms with van der Waals surface area (Å²) in [5, 5.41) is 10.1. The largest absolute Gasteiger partial charge is 0.506 e. The molecule has 1 heterocycles. The lowest BCUT2D eigenvalue weighted by atomic mass is 10.1. The third-order valence-corrected chi connectivity index (χ3v) is 2.39. The van der Waals surface area contributed by atoms with Crippen molar-refractivity contribution in [1.29, 1.82) is 0 Å². The second-order valence-electron chi connectivity index (χ2n) is 3.48. The van der Waals surface area contributed by atoms with Crippen LogP contribution in [0.1, 0.15) is 17.3 Å². The number of hydrogen-bond acceptors (Lipinski definition) is 5. The van der Waals surface area contributed by atoms with Crippen LogP contribution < -0.4 is 5.73 Å². The number of para-hydroxylation sites is 1. The van der Waals surface area contributed by atoms with Gasteiger partial charge in [0, 0.05) is 5.39 Å². The summed E-state index contributed by atoms with van der Waals surface area (Å²) in [7, 11) is 0. The Morgan fingerprint density at radius 3 is 3.00 bits per heavy atom. The van der Waals surface area contributed by atoms with Gasteiger partial charge in [0.1, 0.15) is 11.3 Å². The number of carbonyl (C=O) groups is 1. The molecule has 2 aromatic rings. The molecule has 0 fully saturated rings. The normalized spacial score (nSPS) is 10.4. The summed E-state index contributed by atoms with van der Waals surface area (Å²) in [5.41, 5.74) is 6.54. The molecule has 88 valence electrons. The maximum absolute atomic E-state index is 11.8. The fraction of sp³-hybridized carbons (Fsp3) is 0.167. The highest BCUT2D eigenvalue weighted by atomic mass is 16.5. The first-order valence-electron chi connectivity index (χ1n) is 5.18. The molecule has 3 N–H and O–H groups in total. The molecule has 2 rings (SSSR count). The Kier molecular flexibility index (Phi) is 2.82. The van der Waals surface area contributed by atoms with Crippen LogP contribution in [-0.4, -0.2) is 22.7 Å². The van der Waals surface area contributed by atoms with Crippen LogP contribution in [0.2, 0.25) is 0 Å². The first-order valence-corrected chi connectivity index (χ1v) is 5.18. The van der Waals surface area contributed by atoms with Crippen LogP contribution in [0.15, 0.2) is 24.4 Å². The molecule has 1 aromatic carbocycles. The predicted octanol–water partition coefficient (Wildman–Crippen LogP) is 1.70. The molecule has 0 radical (unpaired) electrons. The Hall–Kier alpha value is -2.30. The number of ether oxygens (including phenoxy) is 1. The molecule has 0 aliphatic heterocycles. The van der Waals surface area contributed by atoms with Gasteiger partial charge in [-0.05, 0) is 13.0 Å². The highest BCUT2D eigenvalue weighted by Crippen LogP contribution is 2.28. The molecule has 17 heavy (non-hydrogen) atoms. The van der Waals surface area contributed by atoms with Gasteiger partial charge in [0.15, 0.2) is 0 Å². The van der Waals surface area contributed by atoms with Crippen LogP contribution in [0, 0.1) is 0 Å². The lowest BCUT2D eigenvalue weighted by Gasteiger charge is -2.09. The molecule has 0 spiro atoms. The SMILES string of the molecule is CCOC(=O)c1c(N)cnc2c(O)cccc12. The number of rotatable bonds is 2. The summed E-state index contributed by atoms with van der Waals surface area (Å²) in [5.74, 6) is -0.504. The monoisotopic (exact) mass is 232 g/mol. The van der Waals surface area contributed by atoms with Gasteiger partial charge >= 0.3 is 5.97 Å². The average molecular weight is 232 g/mol. The zero-order chi connectivity index (χ0) is 12.4. The van der Waals surface area contributed by atoms with Crippen molar-refractivity contribution >= 4 is 22.6 Å². The van der Waals surface area contributed by atoms with Gasteiger partial charge in [-0.25, -0.2) is 4.79 Å². The van der Waals surface area contributed by atoms with Gasteiger partial charge in [0.2, 0.25) is 0 Å². The van der Waals surface area contributed by atoms with Crippen molar-refractivity contribution in [1.82, 2.24) is 4.98 Å². The smallest absolute Gasteiger partial charge is 0.340 e. The Labute approximate surface area is 97.8 Å². The Morgan fingerprint density at radius 1 is 1.53 bits per heavy atom. The zero-order valence-corrected chi connectivity index (χ0v) is 9.30. The fourth-order valence-electron chi connectivity index (χ4n) is 1.65. The second-order valence-corrected chi connectivity index (χ2v) is 3.48. The van der Waals surface area contributed by atoms with Crippen LogP contribution in [0.5, 0.6) is 5.75 Å². The van der Waals surface area contributed by atoms with Crippen molar-refractivity contribution < 1.29 is 14.6 Å². The number of nitrogen functional groups attached to an aromatic ring is 1. The Bertz CT molecular complexity index is 581. The van der Waals surface area contributed by atoms with Gasteiger partial charge in [0.25, 0.3) is 0 Å². The van der Waals surface area contributed by atoms with E-state index in [0.29, 0.717) is 10.9 Å². The van der Waals surface area contributed by atoms with Gasteiger partial charge in [-0.3, -0.25) is 4.98 Å². The third-order valence-electron chi connectivity index (χ3n) is 2.39. The van der Waals surface area contributed by atoms with E-state index in [1.54, 1.807) is 19.1 Å². The number of carbonyl (C=O) groups excluding carboxylic acids is 1. The minimum Gasteiger partial charge on any atom is -0.506 e. The first kappa shape index (κ1) is 11.2. The Morgan fingerprint density at radius 2 is 2.29 bits per heavy atom. The summed E-state index contributed by atoms with van der Waals surface area (Å²) in [6.45, 7) is 1.98. The minimum absolute atomic E-state index is 0.00745. The van der Waals surface area contributed by atoms with Crippen molar-refractivity contribution in [3.05, 3.63) is 30.0 Å². The quantitative estimate of drug-likeness (QED) is 0.770. The third kappa shape index (κ3) is 1.87. The summed E-state index contributed by atoms with van der Waals surface area (Å²) < 4.78 is 4.93. The lowest BCUT2D eigenvalue weighted by Crippen LogP contribution is -2.09. The molecular formula is C12H12N2O3. The molecule has 0 aliphatic carbocycles. The number of esters is 1. The number of fused-ring (bicyclic) bond motifs is 1. The standard InChI is InChI=1S/C12H12N2O3/c1-2-17-12(16)10-7-4-3-5-9(15)11(7)14-6-8(10)13/h3-6,15H,2,13H2,1H3. The molecule has 0 unspecified atom stereocenters. The van der Waals surface area contributed by atoms with E-state index < -0.39 is 5.97 Å². The van der Waals surface area contributed by atoms with E-state index in [9.17, 15) is 9.90 Å². The average Bonchev–Trinajstić information content (AvgIpc) is 2.29. The van der Waals surface area contributed by atoms with Gasteiger partial charge in [-0.2, -0.15) is 0 Å². The molecule has 0 saturated carbocycles.